The molecule has 1 heterocycles. The molecule has 0 saturated carbocycles. The molecule has 0 aliphatic carbocycles. The Kier molecular flexibility index (Phi) is 28.2. The molecule has 0 radical (unpaired) electrons. The van der Waals surface area contributed by atoms with Crippen molar-refractivity contribution in [3.8, 4) is 0 Å². The third-order valence-electron chi connectivity index (χ3n) is 9.86. The minimum Gasteiger partial charge on any atom is -0.390 e. The fourth-order valence-corrected chi connectivity index (χ4v) is 6.29. The van der Waals surface area contributed by atoms with E-state index >= 15 is 0 Å². The Morgan fingerprint density at radius 1 is 0.723 bits per heavy atom. The molecule has 3 atom stereocenters. The van der Waals surface area contributed by atoms with Crippen LogP contribution < -0.4 is 37.5 Å². The van der Waals surface area contributed by atoms with E-state index in [0.717, 1.165) is 13.1 Å². The van der Waals surface area contributed by atoms with Crippen LogP contribution in [0.5, 0.6) is 0 Å². The summed E-state index contributed by atoms with van der Waals surface area (Å²) in [5, 5.41) is 32.4. The average Bonchev–Trinajstić information content (AvgIpc) is 3.25. The maximum absolute atomic E-state index is 13.5. The van der Waals surface area contributed by atoms with Crippen LogP contribution >= 0.6 is 0 Å². The first-order chi connectivity index (χ1) is 31.0. The van der Waals surface area contributed by atoms with Crippen LogP contribution in [0.4, 0.5) is 5.69 Å². The maximum atomic E-state index is 13.5. The number of hydroxylamine groups is 2. The summed E-state index contributed by atoms with van der Waals surface area (Å²) in [5.74, 6) is -2.46. The van der Waals surface area contributed by atoms with Gasteiger partial charge in [0.15, 0.2) is 6.10 Å². The predicted octanol–water partition coefficient (Wildman–Crippen LogP) is -0.784. The quantitative estimate of drug-likeness (QED) is 0.0303. The van der Waals surface area contributed by atoms with Crippen molar-refractivity contribution in [2.45, 2.75) is 83.6 Å². The van der Waals surface area contributed by atoms with Gasteiger partial charge >= 0.3 is 0 Å². The van der Waals surface area contributed by atoms with Gasteiger partial charge in [0, 0.05) is 71.4 Å². The fraction of sp³-hybridized carbons (Fsp3) is 0.721. The zero-order valence-corrected chi connectivity index (χ0v) is 39.0. The number of hydrogen-bond donors (Lipinski definition) is 9. The molecule has 0 aromatic heterocycles. The van der Waals surface area contributed by atoms with Crippen LogP contribution in [0, 0.1) is 5.92 Å². The summed E-state index contributed by atoms with van der Waals surface area (Å²) in [7, 11) is 3.59. The molecule has 370 valence electrons. The summed E-state index contributed by atoms with van der Waals surface area (Å²) >= 11 is 0. The minimum atomic E-state index is -1.10. The number of piperazine rings is 1. The van der Waals surface area contributed by atoms with Crippen molar-refractivity contribution in [1.82, 2.24) is 42.0 Å². The number of aliphatic hydroxyl groups is 1. The molecule has 1 fully saturated rings. The van der Waals surface area contributed by atoms with Crippen molar-refractivity contribution in [2.24, 2.45) is 5.92 Å². The lowest BCUT2D eigenvalue weighted by molar-refractivity contribution is -0.150. The second-order valence-corrected chi connectivity index (χ2v) is 16.5. The lowest BCUT2D eigenvalue weighted by Crippen LogP contribution is -2.54. The van der Waals surface area contributed by atoms with Gasteiger partial charge in [0.1, 0.15) is 12.1 Å². The molecule has 0 bridgehead atoms. The average molecular weight is 926 g/mol. The van der Waals surface area contributed by atoms with E-state index in [1.54, 1.807) is 50.1 Å². The van der Waals surface area contributed by atoms with E-state index in [9.17, 15) is 33.9 Å². The molecule has 65 heavy (non-hydrogen) atoms. The van der Waals surface area contributed by atoms with Gasteiger partial charge in [0.2, 0.25) is 29.5 Å². The third kappa shape index (κ3) is 25.2. The topological polar surface area (TPSA) is 280 Å². The summed E-state index contributed by atoms with van der Waals surface area (Å²) in [5.41, 5.74) is 4.60. The van der Waals surface area contributed by atoms with Crippen molar-refractivity contribution in [2.75, 3.05) is 118 Å². The smallest absolute Gasteiger partial charge is 0.258 e. The molecule has 0 spiro atoms. The Morgan fingerprint density at radius 2 is 1.31 bits per heavy atom. The number of rotatable bonds is 34. The van der Waals surface area contributed by atoms with E-state index in [4.69, 9.17) is 29.0 Å². The van der Waals surface area contributed by atoms with Crippen LogP contribution in [-0.2, 0) is 52.6 Å². The number of ether oxygens (including phenoxy) is 4. The first kappa shape index (κ1) is 56.8. The largest absolute Gasteiger partial charge is 0.390 e. The van der Waals surface area contributed by atoms with Crippen LogP contribution in [0.1, 0.15) is 71.5 Å². The van der Waals surface area contributed by atoms with Gasteiger partial charge in [0.05, 0.1) is 64.9 Å². The minimum absolute atomic E-state index is 0.00514. The first-order valence-corrected chi connectivity index (χ1v) is 22.3. The molecule has 1 aliphatic heterocycles. The SMILES string of the molecule is CNOC(C(=O)N1CCN(C)CC1)c1ccc(NC(=O)[C@H](CCCNO)NC(=O)[C@@H](NC(=O)CCOCCOCCOCCOCCNC(=O)CCNC(=O)CC(C)(C)O)C(C)C)cc1. The molecule has 1 unspecified atom stereocenters. The Hall–Kier alpha value is -4.36. The molecule has 1 aromatic carbocycles. The van der Waals surface area contributed by atoms with Crippen molar-refractivity contribution in [3.63, 3.8) is 0 Å². The first-order valence-electron chi connectivity index (χ1n) is 22.3. The van der Waals surface area contributed by atoms with Crippen molar-refractivity contribution < 1.29 is 62.9 Å². The molecule has 1 aromatic rings. The third-order valence-corrected chi connectivity index (χ3v) is 9.86. The Bertz CT molecular complexity index is 1560. The summed E-state index contributed by atoms with van der Waals surface area (Å²) in [6, 6.07) is 4.76. The van der Waals surface area contributed by atoms with E-state index in [1.165, 1.54) is 13.8 Å². The highest BCUT2D eigenvalue weighted by Crippen LogP contribution is 2.23. The highest BCUT2D eigenvalue weighted by atomic mass is 16.7. The maximum Gasteiger partial charge on any atom is 0.258 e. The molecule has 22 heteroatoms. The standard InChI is InChI=1S/C43H75N9O13/c1-31(2)38(50-36(54)14-22-61-24-26-63-28-29-64-27-25-62-23-17-46-35(53)13-16-45-37(55)30-43(3,4)59)41(57)49-34(8-7-15-47-60)40(56)48-33-11-9-32(10-12-33)39(65-44-5)42(58)52-20-18-51(6)19-21-52/h9-12,31,34,38-39,44,47,59-60H,7-8,13-30H2,1-6H3,(H,45,55)(H,46,53)(H,48,56)(H,49,57)(H,50,54)/t34-,38-,39?/m0/s1. The van der Waals surface area contributed by atoms with E-state index < -0.39 is 41.5 Å². The second-order valence-electron chi connectivity index (χ2n) is 16.5. The second kappa shape index (κ2) is 32.3. The number of benzene rings is 1. The molecule has 22 nitrogen and oxygen atoms in total. The predicted molar refractivity (Wildman–Crippen MR) is 239 cm³/mol. The number of hydrogen-bond acceptors (Lipinski definition) is 16. The molecular weight excluding hydrogens is 851 g/mol. The van der Waals surface area contributed by atoms with E-state index in [0.29, 0.717) is 70.3 Å². The number of likely N-dealkylation sites (N-methyl/N-ethyl adjacent to an activating group) is 1. The monoisotopic (exact) mass is 926 g/mol. The highest BCUT2D eigenvalue weighted by molar-refractivity contribution is 5.98. The van der Waals surface area contributed by atoms with Crippen molar-refractivity contribution in [3.05, 3.63) is 29.8 Å². The van der Waals surface area contributed by atoms with E-state index in [1.807, 2.05) is 7.05 Å². The summed E-state index contributed by atoms with van der Waals surface area (Å²) in [4.78, 5) is 86.1. The normalized spacial score (nSPS) is 14.6. The zero-order chi connectivity index (χ0) is 48.0. The number of nitrogens with zero attached hydrogens (tertiary/aromatic N) is 2. The molecule has 1 saturated heterocycles. The van der Waals surface area contributed by atoms with Gasteiger partial charge in [-0.2, -0.15) is 0 Å². The number of amides is 6. The van der Waals surface area contributed by atoms with E-state index in [2.05, 4.69) is 42.4 Å². The van der Waals surface area contributed by atoms with Crippen LogP contribution in [0.2, 0.25) is 0 Å². The summed E-state index contributed by atoms with van der Waals surface area (Å²) < 4.78 is 21.9. The Labute approximate surface area is 382 Å². The molecule has 9 N–H and O–H groups in total. The number of anilines is 1. The Balaban J connectivity index is 1.66. The lowest BCUT2D eigenvalue weighted by atomic mass is 10.0. The van der Waals surface area contributed by atoms with Crippen LogP contribution in [0.25, 0.3) is 0 Å². The Morgan fingerprint density at radius 3 is 1.88 bits per heavy atom. The van der Waals surface area contributed by atoms with Gasteiger partial charge < -0.3 is 65.6 Å². The molecule has 2 rings (SSSR count). The number of carbonyl (C=O) groups is 6. The van der Waals surface area contributed by atoms with E-state index in [-0.39, 0.29) is 82.2 Å². The zero-order valence-electron chi connectivity index (χ0n) is 39.0. The number of nitrogens with one attached hydrogen (secondary N) is 7. The van der Waals surface area contributed by atoms with Crippen LogP contribution in [0.3, 0.4) is 0 Å². The van der Waals surface area contributed by atoms with Crippen molar-refractivity contribution in [1.29, 1.82) is 0 Å². The van der Waals surface area contributed by atoms with Gasteiger partial charge in [-0.3, -0.25) is 33.6 Å². The van der Waals surface area contributed by atoms with Crippen molar-refractivity contribution >= 4 is 41.1 Å². The highest BCUT2D eigenvalue weighted by Gasteiger charge is 2.31. The van der Waals surface area contributed by atoms with Gasteiger partial charge in [-0.25, -0.2) is 11.0 Å². The van der Waals surface area contributed by atoms with Gasteiger partial charge in [-0.15, -0.1) is 0 Å². The summed E-state index contributed by atoms with van der Waals surface area (Å²) in [6.45, 7) is 12.3. The van der Waals surface area contributed by atoms with Gasteiger partial charge in [-0.1, -0.05) is 26.0 Å². The lowest BCUT2D eigenvalue weighted by Gasteiger charge is -2.34. The number of carbonyl (C=O) groups excluding carboxylic acids is 6. The summed E-state index contributed by atoms with van der Waals surface area (Å²) in [6.07, 6.45) is -0.264. The van der Waals surface area contributed by atoms with Gasteiger partial charge in [0.25, 0.3) is 5.91 Å². The molecule has 1 aliphatic rings. The molecule has 6 amide bonds. The van der Waals surface area contributed by atoms with Crippen LogP contribution in [-0.4, -0.2) is 186 Å². The molecular formula is C43H75N9O13. The van der Waals surface area contributed by atoms with Crippen LogP contribution in [0.15, 0.2) is 24.3 Å². The van der Waals surface area contributed by atoms with Gasteiger partial charge in [-0.05, 0) is 57.4 Å². The fourth-order valence-electron chi connectivity index (χ4n) is 6.29.